The van der Waals surface area contributed by atoms with Gasteiger partial charge in [0.1, 0.15) is 0 Å². The number of nitrogens with zero attached hydrogens (tertiary/aromatic N) is 1. The van der Waals surface area contributed by atoms with Crippen molar-refractivity contribution in [2.45, 2.75) is 17.8 Å². The average Bonchev–Trinajstić information content (AvgIpc) is 2.72. The van der Waals surface area contributed by atoms with E-state index in [9.17, 15) is 19.0 Å². The quantitative estimate of drug-likeness (QED) is 0.649. The van der Waals surface area contributed by atoms with Gasteiger partial charge in [-0.05, 0) is 0 Å². The average molecular weight is 293 g/mol. The van der Waals surface area contributed by atoms with Crippen molar-refractivity contribution in [2.24, 2.45) is 0 Å². The standard InChI is InChI=1S/C8H11N2O6PS/c11-6-1-2-9-7(12)10(6)3-5-4-18-8(16-5)17(13,14)15/h1-2,5,8H,3-4H2,(H,9,12)(H2,13,14,15)/p-1. The summed E-state index contributed by atoms with van der Waals surface area (Å²) in [6.07, 6.45) is 0.615. The Hall–Kier alpha value is -0.860. The number of H-pyrrole nitrogens is 1. The van der Waals surface area contributed by atoms with Gasteiger partial charge in [-0.1, -0.05) is 0 Å². The van der Waals surface area contributed by atoms with E-state index in [0.29, 0.717) is 0 Å². The van der Waals surface area contributed by atoms with Gasteiger partial charge in [0, 0.05) is 18.0 Å². The SMILES string of the molecule is O=c1cc[nH]c(=O)n1CC1CSC(P(=O)([O-])O)O1. The minimum absolute atomic E-state index is 0.0570. The predicted octanol–water partition coefficient (Wildman–Crippen LogP) is -1.50. The van der Waals surface area contributed by atoms with E-state index in [1.54, 1.807) is 0 Å². The number of hydrogen-bond donors (Lipinski definition) is 2. The molecule has 3 atom stereocenters. The van der Waals surface area contributed by atoms with Crippen LogP contribution in [-0.2, 0) is 15.8 Å². The molecular formula is C8H10N2O6PS-. The molecular weight excluding hydrogens is 283 g/mol. The van der Waals surface area contributed by atoms with E-state index in [-0.39, 0.29) is 12.3 Å². The van der Waals surface area contributed by atoms with E-state index < -0.39 is 30.1 Å². The van der Waals surface area contributed by atoms with Crippen LogP contribution in [0.25, 0.3) is 0 Å². The molecule has 0 spiro atoms. The topological polar surface area (TPSA) is 124 Å². The maximum atomic E-state index is 11.4. The summed E-state index contributed by atoms with van der Waals surface area (Å²) in [5.41, 5.74) is -1.08. The van der Waals surface area contributed by atoms with Crippen molar-refractivity contribution in [2.75, 3.05) is 5.75 Å². The molecule has 18 heavy (non-hydrogen) atoms. The largest absolute Gasteiger partial charge is 0.776 e. The summed E-state index contributed by atoms with van der Waals surface area (Å²) in [5.74, 6) is 0.276. The third-order valence-electron chi connectivity index (χ3n) is 2.33. The van der Waals surface area contributed by atoms with Crippen LogP contribution < -0.4 is 16.1 Å². The molecule has 3 unspecified atom stereocenters. The van der Waals surface area contributed by atoms with Crippen molar-refractivity contribution < 1.29 is 19.1 Å². The third-order valence-corrected chi connectivity index (χ3v) is 5.19. The molecule has 0 aromatic carbocycles. The van der Waals surface area contributed by atoms with Crippen LogP contribution in [0, 0.1) is 0 Å². The van der Waals surface area contributed by atoms with Gasteiger partial charge >= 0.3 is 5.69 Å². The van der Waals surface area contributed by atoms with Gasteiger partial charge < -0.3 is 24.1 Å². The van der Waals surface area contributed by atoms with E-state index in [1.807, 2.05) is 0 Å². The maximum absolute atomic E-state index is 11.4. The van der Waals surface area contributed by atoms with Gasteiger partial charge in [0.15, 0.2) is 12.8 Å². The van der Waals surface area contributed by atoms with Gasteiger partial charge in [-0.2, -0.15) is 0 Å². The lowest BCUT2D eigenvalue weighted by Crippen LogP contribution is -2.38. The van der Waals surface area contributed by atoms with Crippen LogP contribution in [0.2, 0.25) is 0 Å². The molecule has 1 aliphatic rings. The molecule has 100 valence electrons. The van der Waals surface area contributed by atoms with E-state index in [1.165, 1.54) is 12.3 Å². The molecule has 0 amide bonds. The smallest absolute Gasteiger partial charge is 0.328 e. The predicted molar refractivity (Wildman–Crippen MR) is 62.3 cm³/mol. The van der Waals surface area contributed by atoms with Gasteiger partial charge in [-0.3, -0.25) is 9.36 Å². The van der Waals surface area contributed by atoms with Crippen LogP contribution in [0.1, 0.15) is 0 Å². The Bertz CT molecular complexity index is 563. The number of ether oxygens (including phenoxy) is 1. The van der Waals surface area contributed by atoms with Gasteiger partial charge in [0.05, 0.1) is 12.6 Å². The van der Waals surface area contributed by atoms with Crippen LogP contribution in [0.5, 0.6) is 0 Å². The number of nitrogens with one attached hydrogen (secondary N) is 1. The lowest BCUT2D eigenvalue weighted by molar-refractivity contribution is -0.201. The highest BCUT2D eigenvalue weighted by Crippen LogP contribution is 2.48. The first-order valence-corrected chi connectivity index (χ1v) is 7.66. The zero-order valence-corrected chi connectivity index (χ0v) is 10.7. The second-order valence-electron chi connectivity index (χ2n) is 3.69. The molecule has 2 N–H and O–H groups in total. The first-order chi connectivity index (χ1) is 8.38. The fourth-order valence-corrected chi connectivity index (χ4v) is 3.67. The van der Waals surface area contributed by atoms with Gasteiger partial charge in [-0.25, -0.2) is 4.79 Å². The summed E-state index contributed by atoms with van der Waals surface area (Å²) < 4.78 is 16.8. The zero-order chi connectivity index (χ0) is 13.3. The molecule has 10 heteroatoms. The Morgan fingerprint density at radius 2 is 2.39 bits per heavy atom. The Labute approximate surface area is 105 Å². The van der Waals surface area contributed by atoms with Crippen molar-refractivity contribution in [3.8, 4) is 0 Å². The van der Waals surface area contributed by atoms with Gasteiger partial charge in [0.2, 0.25) is 0 Å². The lowest BCUT2D eigenvalue weighted by Gasteiger charge is -2.22. The van der Waals surface area contributed by atoms with E-state index in [2.05, 4.69) is 4.98 Å². The number of hydrogen-bond acceptors (Lipinski definition) is 6. The molecule has 0 aliphatic carbocycles. The van der Waals surface area contributed by atoms with Crippen molar-refractivity contribution >= 4 is 19.4 Å². The molecule has 1 fully saturated rings. The van der Waals surface area contributed by atoms with E-state index in [0.717, 1.165) is 16.3 Å². The van der Waals surface area contributed by atoms with Crippen LogP contribution in [0.15, 0.2) is 21.9 Å². The Morgan fingerprint density at radius 1 is 1.67 bits per heavy atom. The van der Waals surface area contributed by atoms with Crippen molar-refractivity contribution in [3.63, 3.8) is 0 Å². The van der Waals surface area contributed by atoms with Crippen molar-refractivity contribution in [3.05, 3.63) is 33.1 Å². The Kier molecular flexibility index (Phi) is 3.79. The van der Waals surface area contributed by atoms with Crippen molar-refractivity contribution in [1.82, 2.24) is 9.55 Å². The highest BCUT2D eigenvalue weighted by molar-refractivity contribution is 8.05. The number of rotatable bonds is 3. The molecule has 0 radical (unpaired) electrons. The number of aromatic amines is 1. The number of thioether (sulfide) groups is 1. The highest BCUT2D eigenvalue weighted by Gasteiger charge is 2.33. The monoisotopic (exact) mass is 293 g/mol. The molecule has 1 aromatic heterocycles. The molecule has 1 aliphatic heterocycles. The van der Waals surface area contributed by atoms with Crippen LogP contribution >= 0.6 is 19.4 Å². The van der Waals surface area contributed by atoms with Crippen LogP contribution in [0.4, 0.5) is 0 Å². The summed E-state index contributed by atoms with van der Waals surface area (Å²) in [7, 11) is -4.56. The summed E-state index contributed by atoms with van der Waals surface area (Å²) >= 11 is 0.913. The summed E-state index contributed by atoms with van der Waals surface area (Å²) in [6, 6.07) is 1.19. The molecule has 0 bridgehead atoms. The fourth-order valence-electron chi connectivity index (χ4n) is 1.53. The molecule has 8 nitrogen and oxygen atoms in total. The maximum Gasteiger partial charge on any atom is 0.328 e. The van der Waals surface area contributed by atoms with Gasteiger partial charge in [-0.15, -0.1) is 11.8 Å². The second kappa shape index (κ2) is 5.02. The molecule has 2 heterocycles. The summed E-state index contributed by atoms with van der Waals surface area (Å²) in [4.78, 5) is 44.8. The first-order valence-electron chi connectivity index (χ1n) is 4.97. The van der Waals surface area contributed by atoms with Crippen molar-refractivity contribution in [1.29, 1.82) is 0 Å². The Morgan fingerprint density at radius 3 is 2.94 bits per heavy atom. The number of aromatic nitrogens is 2. The summed E-state index contributed by atoms with van der Waals surface area (Å²) in [6.45, 7) is -0.0570. The minimum atomic E-state index is -4.56. The third kappa shape index (κ3) is 2.93. The van der Waals surface area contributed by atoms with Gasteiger partial charge in [0.25, 0.3) is 5.56 Å². The normalized spacial score (nSPS) is 27.0. The van der Waals surface area contributed by atoms with E-state index in [4.69, 9.17) is 9.63 Å². The first kappa shape index (κ1) is 13.6. The Balaban J connectivity index is 2.11. The highest BCUT2D eigenvalue weighted by atomic mass is 32.2. The molecule has 1 saturated heterocycles. The zero-order valence-electron chi connectivity index (χ0n) is 9.01. The van der Waals surface area contributed by atoms with Crippen LogP contribution in [-0.4, -0.2) is 31.5 Å². The molecule has 1 aromatic rings. The van der Waals surface area contributed by atoms with E-state index >= 15 is 0 Å². The summed E-state index contributed by atoms with van der Waals surface area (Å²) in [5, 5.41) is -1.33. The lowest BCUT2D eigenvalue weighted by atomic mass is 10.4. The fraction of sp³-hybridized carbons (Fsp3) is 0.500. The molecule has 2 rings (SSSR count). The van der Waals surface area contributed by atoms with Crippen LogP contribution in [0.3, 0.4) is 0 Å². The minimum Gasteiger partial charge on any atom is -0.776 e. The molecule has 0 saturated carbocycles. The second-order valence-corrected chi connectivity index (χ2v) is 6.74.